The van der Waals surface area contributed by atoms with Gasteiger partial charge in [-0.3, -0.25) is 10.2 Å². The van der Waals surface area contributed by atoms with Crippen LogP contribution in [0.1, 0.15) is 51.6 Å². The van der Waals surface area contributed by atoms with Crippen molar-refractivity contribution in [3.63, 3.8) is 0 Å². The van der Waals surface area contributed by atoms with Crippen molar-refractivity contribution < 1.29 is 22.4 Å². The quantitative estimate of drug-likeness (QED) is 0.319. The summed E-state index contributed by atoms with van der Waals surface area (Å²) in [7, 11) is 1.71. The Bertz CT molecular complexity index is 1600. The Hall–Kier alpha value is -4.28. The Labute approximate surface area is 221 Å². The molecule has 0 bridgehead atoms. The van der Waals surface area contributed by atoms with E-state index in [-0.39, 0.29) is 46.6 Å². The van der Waals surface area contributed by atoms with Gasteiger partial charge in [0.05, 0.1) is 12.6 Å². The number of nitrogens with zero attached hydrogens (tertiary/aromatic N) is 4. The van der Waals surface area contributed by atoms with E-state index in [4.69, 9.17) is 5.41 Å². The highest BCUT2D eigenvalue weighted by Gasteiger charge is 2.36. The van der Waals surface area contributed by atoms with E-state index in [0.717, 1.165) is 30.9 Å². The maximum absolute atomic E-state index is 13.9. The summed E-state index contributed by atoms with van der Waals surface area (Å²) in [4.78, 5) is 20.8. The number of rotatable bonds is 7. The van der Waals surface area contributed by atoms with E-state index >= 15 is 0 Å². The van der Waals surface area contributed by atoms with Gasteiger partial charge in [0.25, 0.3) is 5.91 Å². The second kappa shape index (κ2) is 10.1. The maximum atomic E-state index is 13.9. The lowest BCUT2D eigenvalue weighted by Gasteiger charge is -2.20. The summed E-state index contributed by atoms with van der Waals surface area (Å²) in [5, 5.41) is 11.2. The van der Waals surface area contributed by atoms with Crippen molar-refractivity contribution in [3.8, 4) is 11.1 Å². The predicted molar refractivity (Wildman–Crippen MR) is 135 cm³/mol. The first-order valence-electron chi connectivity index (χ1n) is 12.4. The van der Waals surface area contributed by atoms with Gasteiger partial charge in [0.2, 0.25) is 5.62 Å². The van der Waals surface area contributed by atoms with Crippen LogP contribution < -0.4 is 10.9 Å². The molecular formula is C28H26F4N6O. The van der Waals surface area contributed by atoms with E-state index in [2.05, 4.69) is 15.3 Å². The SMILES string of the molecule is Cc1cc([C@@H](NC(=O)c2cc(Cn3ccn(C)c3=N)cc(-c3cncnc3C(F)(F)F)c2)C2CC2)ccc1F. The van der Waals surface area contributed by atoms with Gasteiger partial charge in [-0.15, -0.1) is 0 Å². The van der Waals surface area contributed by atoms with Gasteiger partial charge in [-0.2, -0.15) is 13.2 Å². The minimum atomic E-state index is -4.73. The first-order valence-corrected chi connectivity index (χ1v) is 12.4. The zero-order valence-electron chi connectivity index (χ0n) is 21.3. The molecule has 4 aromatic rings. The Balaban J connectivity index is 1.56. The van der Waals surface area contributed by atoms with Crippen LogP contribution in [0.25, 0.3) is 11.1 Å². The second-order valence-electron chi connectivity index (χ2n) is 9.86. The number of hydrogen-bond donors (Lipinski definition) is 2. The van der Waals surface area contributed by atoms with Crippen LogP contribution in [0.5, 0.6) is 0 Å². The van der Waals surface area contributed by atoms with Gasteiger partial charge < -0.3 is 14.5 Å². The van der Waals surface area contributed by atoms with Crippen LogP contribution in [0.4, 0.5) is 17.6 Å². The number of halogens is 4. The molecule has 1 aliphatic rings. The fraction of sp³-hybridized carbons (Fsp3) is 0.286. The fourth-order valence-corrected chi connectivity index (χ4v) is 4.67. The van der Waals surface area contributed by atoms with E-state index in [0.29, 0.717) is 11.1 Å². The number of amides is 1. The average Bonchev–Trinajstić information content (AvgIpc) is 3.70. The lowest BCUT2D eigenvalue weighted by molar-refractivity contribution is -0.140. The van der Waals surface area contributed by atoms with Gasteiger partial charge in [-0.25, -0.2) is 14.4 Å². The summed E-state index contributed by atoms with van der Waals surface area (Å²) >= 11 is 0. The monoisotopic (exact) mass is 538 g/mol. The number of alkyl halides is 3. The number of aromatic nitrogens is 4. The summed E-state index contributed by atoms with van der Waals surface area (Å²) in [6, 6.07) is 8.91. The van der Waals surface area contributed by atoms with E-state index in [1.165, 1.54) is 12.1 Å². The number of nitrogens with one attached hydrogen (secondary N) is 2. The molecule has 5 rings (SSSR count). The minimum Gasteiger partial charge on any atom is -0.345 e. The molecule has 0 saturated heterocycles. The van der Waals surface area contributed by atoms with Gasteiger partial charge in [0, 0.05) is 36.8 Å². The molecule has 0 unspecified atom stereocenters. The molecular weight excluding hydrogens is 512 g/mol. The molecule has 11 heteroatoms. The Morgan fingerprint density at radius 3 is 2.59 bits per heavy atom. The molecule has 2 aromatic heterocycles. The summed E-state index contributed by atoms with van der Waals surface area (Å²) in [5.41, 5.74) is 0.888. The summed E-state index contributed by atoms with van der Waals surface area (Å²) in [5.74, 6) is -0.618. The first kappa shape index (κ1) is 26.3. The van der Waals surface area contributed by atoms with Crippen LogP contribution in [-0.2, 0) is 19.8 Å². The lowest BCUT2D eigenvalue weighted by Crippen LogP contribution is -2.30. The van der Waals surface area contributed by atoms with Gasteiger partial charge in [0.15, 0.2) is 5.69 Å². The molecule has 0 aliphatic heterocycles. The van der Waals surface area contributed by atoms with Crippen molar-refractivity contribution in [2.45, 2.75) is 38.5 Å². The molecule has 1 saturated carbocycles. The van der Waals surface area contributed by atoms with Crippen LogP contribution in [0, 0.1) is 24.1 Å². The molecule has 0 spiro atoms. The average molecular weight is 539 g/mol. The van der Waals surface area contributed by atoms with Crippen molar-refractivity contribution in [1.82, 2.24) is 24.4 Å². The van der Waals surface area contributed by atoms with Crippen LogP contribution >= 0.6 is 0 Å². The smallest absolute Gasteiger partial charge is 0.345 e. The number of benzene rings is 2. The number of hydrogen-bond acceptors (Lipinski definition) is 4. The molecule has 1 fully saturated rings. The number of imidazole rings is 1. The van der Waals surface area contributed by atoms with E-state index in [9.17, 15) is 22.4 Å². The molecule has 2 heterocycles. The first-order chi connectivity index (χ1) is 18.5. The minimum absolute atomic E-state index is 0.134. The Morgan fingerprint density at radius 1 is 1.18 bits per heavy atom. The third-order valence-corrected chi connectivity index (χ3v) is 6.90. The van der Waals surface area contributed by atoms with Gasteiger partial charge in [0.1, 0.15) is 12.1 Å². The zero-order chi connectivity index (χ0) is 27.9. The maximum Gasteiger partial charge on any atom is 0.434 e. The van der Waals surface area contributed by atoms with Gasteiger partial charge in [-0.1, -0.05) is 12.1 Å². The molecule has 39 heavy (non-hydrogen) atoms. The fourth-order valence-electron chi connectivity index (χ4n) is 4.67. The summed E-state index contributed by atoms with van der Waals surface area (Å²) in [6.07, 6.45) is 2.37. The van der Waals surface area contributed by atoms with Crippen LogP contribution in [0.3, 0.4) is 0 Å². The summed E-state index contributed by atoms with van der Waals surface area (Å²) < 4.78 is 58.4. The molecule has 1 aliphatic carbocycles. The molecule has 1 amide bonds. The zero-order valence-corrected chi connectivity index (χ0v) is 21.3. The third kappa shape index (κ3) is 5.62. The molecule has 0 radical (unpaired) electrons. The largest absolute Gasteiger partial charge is 0.434 e. The molecule has 202 valence electrons. The summed E-state index contributed by atoms with van der Waals surface area (Å²) in [6.45, 7) is 1.81. The van der Waals surface area contributed by atoms with Crippen LogP contribution in [0.2, 0.25) is 0 Å². The number of carbonyl (C=O) groups excluding carboxylic acids is 1. The normalized spacial score (nSPS) is 14.3. The van der Waals surface area contributed by atoms with Gasteiger partial charge >= 0.3 is 6.18 Å². The number of aryl methyl sites for hydroxylation is 2. The predicted octanol–water partition coefficient (Wildman–Crippen LogP) is 5.16. The lowest BCUT2D eigenvalue weighted by atomic mass is 9.97. The van der Waals surface area contributed by atoms with Crippen molar-refractivity contribution in [1.29, 1.82) is 5.41 Å². The Kier molecular flexibility index (Phi) is 6.83. The van der Waals surface area contributed by atoms with E-state index in [1.54, 1.807) is 59.8 Å². The second-order valence-corrected chi connectivity index (χ2v) is 9.86. The molecule has 2 aromatic carbocycles. The van der Waals surface area contributed by atoms with Crippen LogP contribution in [-0.4, -0.2) is 25.0 Å². The van der Waals surface area contributed by atoms with Crippen LogP contribution in [0.15, 0.2) is 61.3 Å². The highest BCUT2D eigenvalue weighted by atomic mass is 19.4. The van der Waals surface area contributed by atoms with Crippen molar-refractivity contribution in [3.05, 3.63) is 101 Å². The van der Waals surface area contributed by atoms with Crippen molar-refractivity contribution in [2.24, 2.45) is 13.0 Å². The van der Waals surface area contributed by atoms with Crippen molar-refractivity contribution in [2.75, 3.05) is 0 Å². The van der Waals surface area contributed by atoms with Crippen molar-refractivity contribution >= 4 is 5.91 Å². The topological polar surface area (TPSA) is 88.6 Å². The molecule has 1 atom stereocenters. The Morgan fingerprint density at radius 2 is 1.95 bits per heavy atom. The highest BCUT2D eigenvalue weighted by Crippen LogP contribution is 2.42. The van der Waals surface area contributed by atoms with E-state index in [1.807, 2.05) is 0 Å². The van der Waals surface area contributed by atoms with E-state index < -0.39 is 17.8 Å². The third-order valence-electron chi connectivity index (χ3n) is 6.90. The molecule has 2 N–H and O–H groups in total. The van der Waals surface area contributed by atoms with Gasteiger partial charge in [-0.05, 0) is 72.2 Å². The highest BCUT2D eigenvalue weighted by molar-refractivity contribution is 5.96. The standard InChI is InChI=1S/C28H26F4N6O/c1-16-9-19(5-6-23(16)29)24(18-3-4-18)36-26(39)21-11-17(14-38-8-7-37(2)27(38)33)10-20(12-21)22-13-34-15-35-25(22)28(30,31)32/h5-13,15,18,24,33H,3-4,14H2,1-2H3,(H,36,39)/t24-/m0/s1. The molecule has 7 nitrogen and oxygen atoms in total. The number of carbonyl (C=O) groups is 1.